The number of nitrogens with one attached hydrogen (secondary N) is 1. The van der Waals surface area contributed by atoms with Crippen LogP contribution in [0.15, 0.2) is 53.7 Å². The number of nitrogens with zero attached hydrogens (tertiary/aromatic N) is 1. The Bertz CT molecular complexity index is 851. The van der Waals surface area contributed by atoms with Crippen LogP contribution < -0.4 is 9.46 Å². The summed E-state index contributed by atoms with van der Waals surface area (Å²) in [5.41, 5.74) is -0.742. The Kier molecular flexibility index (Phi) is 6.02. The minimum absolute atomic E-state index is 0.0202. The van der Waals surface area contributed by atoms with Crippen molar-refractivity contribution in [1.29, 1.82) is 0 Å². The number of benzene rings is 1. The van der Waals surface area contributed by atoms with Gasteiger partial charge in [0.1, 0.15) is 5.75 Å². The molecule has 146 valence electrons. The Morgan fingerprint density at radius 3 is 2.44 bits per heavy atom. The fourth-order valence-electron chi connectivity index (χ4n) is 3.17. The zero-order valence-corrected chi connectivity index (χ0v) is 16.0. The second-order valence-corrected chi connectivity index (χ2v) is 9.00. The van der Waals surface area contributed by atoms with Crippen molar-refractivity contribution in [3.8, 4) is 5.75 Å². The van der Waals surface area contributed by atoms with E-state index in [-0.39, 0.29) is 30.9 Å². The molecule has 1 unspecified atom stereocenters. The molecule has 0 aliphatic heterocycles. The highest BCUT2D eigenvalue weighted by atomic mass is 35.5. The number of aliphatic hydroxyl groups is 2. The maximum absolute atomic E-state index is 12.5. The predicted molar refractivity (Wildman–Crippen MR) is 100 cm³/mol. The standard InChI is InChI=1S/C18H21ClN2O5S/c19-13-3-5-15(6-4-13)27(24,25)21-11-18(8-16(22)17(23)9-18)12-26-14-2-1-7-20-10-14/h1-7,10,16-17,21-23H,8-9,11-12H2/t16-,17+,18?. The van der Waals surface area contributed by atoms with Crippen LogP contribution in [0.5, 0.6) is 5.75 Å². The van der Waals surface area contributed by atoms with E-state index in [9.17, 15) is 18.6 Å². The first kappa shape index (κ1) is 20.0. The van der Waals surface area contributed by atoms with E-state index in [0.29, 0.717) is 10.8 Å². The maximum atomic E-state index is 12.5. The van der Waals surface area contributed by atoms with Gasteiger partial charge in [-0.2, -0.15) is 0 Å². The van der Waals surface area contributed by atoms with Gasteiger partial charge in [-0.05, 0) is 49.2 Å². The molecule has 0 amide bonds. The van der Waals surface area contributed by atoms with Crippen LogP contribution in [0, 0.1) is 5.41 Å². The van der Waals surface area contributed by atoms with Crippen LogP contribution in [-0.4, -0.2) is 49.0 Å². The lowest BCUT2D eigenvalue weighted by Gasteiger charge is -2.29. The van der Waals surface area contributed by atoms with Gasteiger partial charge in [0, 0.05) is 23.2 Å². The molecule has 9 heteroatoms. The van der Waals surface area contributed by atoms with E-state index >= 15 is 0 Å². The monoisotopic (exact) mass is 412 g/mol. The molecule has 3 atom stereocenters. The van der Waals surface area contributed by atoms with E-state index in [1.165, 1.54) is 24.3 Å². The lowest BCUT2D eigenvalue weighted by Crippen LogP contribution is -2.40. The second-order valence-electron chi connectivity index (χ2n) is 6.80. The minimum atomic E-state index is -3.76. The fraction of sp³-hybridized carbons (Fsp3) is 0.389. The molecule has 7 nitrogen and oxygen atoms in total. The van der Waals surface area contributed by atoms with Crippen molar-refractivity contribution < 1.29 is 23.4 Å². The van der Waals surface area contributed by atoms with Gasteiger partial charge in [0.25, 0.3) is 0 Å². The van der Waals surface area contributed by atoms with Crippen molar-refractivity contribution in [2.75, 3.05) is 13.2 Å². The summed E-state index contributed by atoms with van der Waals surface area (Å²) < 4.78 is 33.4. The summed E-state index contributed by atoms with van der Waals surface area (Å²) in [4.78, 5) is 4.06. The summed E-state index contributed by atoms with van der Waals surface area (Å²) in [6.07, 6.45) is 1.75. The number of hydrogen-bond acceptors (Lipinski definition) is 6. The third-order valence-electron chi connectivity index (χ3n) is 4.67. The van der Waals surface area contributed by atoms with E-state index < -0.39 is 27.6 Å². The predicted octanol–water partition coefficient (Wildman–Crippen LogP) is 1.59. The Hall–Kier alpha value is -1.71. The van der Waals surface area contributed by atoms with Crippen LogP contribution in [0.4, 0.5) is 0 Å². The van der Waals surface area contributed by atoms with Crippen molar-refractivity contribution >= 4 is 21.6 Å². The number of sulfonamides is 1. The van der Waals surface area contributed by atoms with Gasteiger partial charge in [0.05, 0.1) is 29.9 Å². The molecule has 0 saturated heterocycles. The Morgan fingerprint density at radius 2 is 1.85 bits per heavy atom. The molecule has 0 spiro atoms. The van der Waals surface area contributed by atoms with Crippen LogP contribution in [-0.2, 0) is 10.0 Å². The number of hydrogen-bond donors (Lipinski definition) is 3. The summed E-state index contributed by atoms with van der Waals surface area (Å²) in [6, 6.07) is 9.30. The molecular weight excluding hydrogens is 392 g/mol. The number of aromatic nitrogens is 1. The molecule has 3 N–H and O–H groups in total. The highest BCUT2D eigenvalue weighted by Gasteiger charge is 2.45. The highest BCUT2D eigenvalue weighted by molar-refractivity contribution is 7.89. The smallest absolute Gasteiger partial charge is 0.240 e. The van der Waals surface area contributed by atoms with Crippen LogP contribution in [0.25, 0.3) is 0 Å². The van der Waals surface area contributed by atoms with Crippen molar-refractivity contribution in [3.05, 3.63) is 53.8 Å². The first-order valence-corrected chi connectivity index (χ1v) is 10.3. The normalized spacial score (nSPS) is 25.4. The Balaban J connectivity index is 1.73. The van der Waals surface area contributed by atoms with E-state index in [0.717, 1.165) is 0 Å². The van der Waals surface area contributed by atoms with Crippen molar-refractivity contribution in [2.45, 2.75) is 29.9 Å². The summed E-state index contributed by atoms with van der Waals surface area (Å²) in [5.74, 6) is 0.535. The van der Waals surface area contributed by atoms with E-state index in [2.05, 4.69) is 9.71 Å². The third kappa shape index (κ3) is 4.97. The average Bonchev–Trinajstić information content (AvgIpc) is 2.94. The fourth-order valence-corrected chi connectivity index (χ4v) is 4.45. The SMILES string of the molecule is O=S(=O)(NCC1(COc2cccnc2)C[C@@H](O)[C@@H](O)C1)c1ccc(Cl)cc1. The lowest BCUT2D eigenvalue weighted by molar-refractivity contribution is 0.0438. The van der Waals surface area contributed by atoms with Crippen molar-refractivity contribution in [1.82, 2.24) is 9.71 Å². The van der Waals surface area contributed by atoms with Gasteiger partial charge in [-0.15, -0.1) is 0 Å². The number of rotatable bonds is 7. The number of ether oxygens (including phenoxy) is 1. The summed E-state index contributed by atoms with van der Waals surface area (Å²) >= 11 is 5.80. The molecular formula is C18H21ClN2O5S. The molecule has 1 aliphatic rings. The maximum Gasteiger partial charge on any atom is 0.240 e. The van der Waals surface area contributed by atoms with Crippen molar-refractivity contribution in [2.24, 2.45) is 5.41 Å². The molecule has 1 aliphatic carbocycles. The number of aliphatic hydroxyl groups excluding tert-OH is 2. The largest absolute Gasteiger partial charge is 0.491 e. The van der Waals surface area contributed by atoms with E-state index in [1.807, 2.05) is 0 Å². The van der Waals surface area contributed by atoms with Crippen molar-refractivity contribution in [3.63, 3.8) is 0 Å². The summed E-state index contributed by atoms with van der Waals surface area (Å²) in [7, 11) is -3.76. The molecule has 1 aromatic carbocycles. The van der Waals surface area contributed by atoms with Crippen LogP contribution >= 0.6 is 11.6 Å². The number of pyridine rings is 1. The van der Waals surface area contributed by atoms with Gasteiger partial charge in [0.2, 0.25) is 10.0 Å². The van der Waals surface area contributed by atoms with Gasteiger partial charge in [-0.1, -0.05) is 11.6 Å². The number of halogens is 1. The first-order chi connectivity index (χ1) is 12.8. The first-order valence-electron chi connectivity index (χ1n) is 8.44. The molecule has 3 rings (SSSR count). The van der Waals surface area contributed by atoms with E-state index in [1.54, 1.807) is 24.5 Å². The van der Waals surface area contributed by atoms with Gasteiger partial charge in [-0.25, -0.2) is 13.1 Å². The molecule has 27 heavy (non-hydrogen) atoms. The summed E-state index contributed by atoms with van der Waals surface area (Å²) in [5, 5.41) is 20.4. The van der Waals surface area contributed by atoms with Gasteiger partial charge < -0.3 is 14.9 Å². The molecule has 1 saturated carbocycles. The molecule has 2 aromatic rings. The molecule has 0 bridgehead atoms. The van der Waals surface area contributed by atoms with E-state index in [4.69, 9.17) is 16.3 Å². The lowest BCUT2D eigenvalue weighted by atomic mass is 9.87. The summed E-state index contributed by atoms with van der Waals surface area (Å²) in [6.45, 7) is 0.155. The van der Waals surface area contributed by atoms with Gasteiger partial charge >= 0.3 is 0 Å². The Morgan fingerprint density at radius 1 is 1.19 bits per heavy atom. The van der Waals surface area contributed by atoms with Gasteiger partial charge in [0.15, 0.2) is 0 Å². The quantitative estimate of drug-likeness (QED) is 0.637. The molecule has 1 aromatic heterocycles. The van der Waals surface area contributed by atoms with Crippen LogP contribution in [0.3, 0.4) is 0 Å². The zero-order chi connectivity index (χ0) is 19.5. The third-order valence-corrected chi connectivity index (χ3v) is 6.34. The average molecular weight is 413 g/mol. The highest BCUT2D eigenvalue weighted by Crippen LogP contribution is 2.39. The van der Waals surface area contributed by atoms with Gasteiger partial charge in [-0.3, -0.25) is 4.98 Å². The molecule has 1 heterocycles. The second kappa shape index (κ2) is 8.12. The van der Waals surface area contributed by atoms with Crippen LogP contribution in [0.2, 0.25) is 5.02 Å². The molecule has 0 radical (unpaired) electrons. The topological polar surface area (TPSA) is 109 Å². The minimum Gasteiger partial charge on any atom is -0.491 e. The zero-order valence-electron chi connectivity index (χ0n) is 14.5. The Labute approximate surface area is 163 Å². The van der Waals surface area contributed by atoms with Crippen LogP contribution in [0.1, 0.15) is 12.8 Å². The molecule has 1 fully saturated rings.